The van der Waals surface area contributed by atoms with Crippen LogP contribution in [0.5, 0.6) is 11.6 Å². The fourth-order valence-electron chi connectivity index (χ4n) is 3.33. The molecule has 0 spiro atoms. The van der Waals surface area contributed by atoms with Gasteiger partial charge in [0.1, 0.15) is 12.0 Å². The summed E-state index contributed by atoms with van der Waals surface area (Å²) >= 11 is 13.1. The van der Waals surface area contributed by atoms with Crippen LogP contribution in [-0.2, 0) is 0 Å². The fraction of sp³-hybridized carbons (Fsp3) is 0.167. The van der Waals surface area contributed by atoms with E-state index in [1.165, 1.54) is 23.0 Å². The molecular formula is C24H18Br2ClN5O4. The van der Waals surface area contributed by atoms with E-state index in [1.807, 2.05) is 19.9 Å². The maximum Gasteiger partial charge on any atom is 0.287 e. The summed E-state index contributed by atoms with van der Waals surface area (Å²) in [6.45, 7) is 3.98. The molecule has 0 radical (unpaired) electrons. The number of pyridine rings is 1. The quantitative estimate of drug-likeness (QED) is 0.122. The smallest absolute Gasteiger partial charge is 0.287 e. The average Bonchev–Trinajstić information content (AvgIpc) is 2.85. The monoisotopic (exact) mass is 633 g/mol. The lowest BCUT2D eigenvalue weighted by Crippen LogP contribution is -2.23. The Morgan fingerprint density at radius 2 is 2.03 bits per heavy atom. The van der Waals surface area contributed by atoms with Gasteiger partial charge in [-0.05, 0) is 52.7 Å². The third-order valence-electron chi connectivity index (χ3n) is 5.37. The van der Waals surface area contributed by atoms with Gasteiger partial charge in [0.2, 0.25) is 5.88 Å². The lowest BCUT2D eigenvalue weighted by molar-refractivity contribution is -0.385. The van der Waals surface area contributed by atoms with E-state index in [0.717, 1.165) is 17.1 Å². The molecule has 0 bridgehead atoms. The molecule has 36 heavy (non-hydrogen) atoms. The third kappa shape index (κ3) is 5.48. The second kappa shape index (κ2) is 10.9. The molecular weight excluding hydrogens is 618 g/mol. The van der Waals surface area contributed by atoms with Gasteiger partial charge in [0, 0.05) is 33.1 Å². The van der Waals surface area contributed by atoms with E-state index in [2.05, 4.69) is 41.9 Å². The predicted octanol–water partition coefficient (Wildman–Crippen LogP) is 7.07. The van der Waals surface area contributed by atoms with Gasteiger partial charge in [-0.15, -0.1) is 0 Å². The molecule has 0 N–H and O–H groups in total. The van der Waals surface area contributed by atoms with Gasteiger partial charge in [0.15, 0.2) is 5.75 Å². The Labute approximate surface area is 227 Å². The van der Waals surface area contributed by atoms with Crippen molar-refractivity contribution in [1.82, 2.24) is 14.6 Å². The fourth-order valence-corrected chi connectivity index (χ4v) is 4.60. The second-order valence-corrected chi connectivity index (χ2v) is 10.0. The van der Waals surface area contributed by atoms with Crippen LogP contribution >= 0.6 is 43.5 Å². The number of nitro groups is 1. The lowest BCUT2D eigenvalue weighted by atomic mass is 10.1. The molecule has 2 heterocycles. The van der Waals surface area contributed by atoms with Crippen LogP contribution in [0.4, 0.5) is 5.69 Å². The van der Waals surface area contributed by atoms with Gasteiger partial charge in [-0.1, -0.05) is 41.4 Å². The molecule has 4 aromatic rings. The lowest BCUT2D eigenvalue weighted by Gasteiger charge is -2.14. The first-order valence-electron chi connectivity index (χ1n) is 10.7. The van der Waals surface area contributed by atoms with E-state index < -0.39 is 4.92 Å². The molecule has 0 saturated heterocycles. The van der Waals surface area contributed by atoms with Crippen molar-refractivity contribution in [3.63, 3.8) is 0 Å². The molecule has 1 atom stereocenters. The van der Waals surface area contributed by atoms with Crippen LogP contribution in [0.15, 0.2) is 67.5 Å². The third-order valence-corrected chi connectivity index (χ3v) is 6.67. The summed E-state index contributed by atoms with van der Waals surface area (Å²) in [7, 11) is 0. The average molecular weight is 636 g/mol. The minimum atomic E-state index is -0.546. The minimum absolute atomic E-state index is 0.0333. The van der Waals surface area contributed by atoms with Gasteiger partial charge in [-0.3, -0.25) is 14.9 Å². The van der Waals surface area contributed by atoms with E-state index in [0.29, 0.717) is 37.5 Å². The van der Waals surface area contributed by atoms with Crippen molar-refractivity contribution in [3.8, 4) is 11.6 Å². The molecule has 0 aliphatic heterocycles. The summed E-state index contributed by atoms with van der Waals surface area (Å²) in [5.74, 6) is 0.940. The molecule has 0 amide bonds. The summed E-state index contributed by atoms with van der Waals surface area (Å²) in [6.07, 6.45) is 3.31. The Balaban J connectivity index is 1.81. The zero-order chi connectivity index (χ0) is 26.0. The van der Waals surface area contributed by atoms with Crippen molar-refractivity contribution in [2.75, 3.05) is 0 Å². The van der Waals surface area contributed by atoms with E-state index in [1.54, 1.807) is 24.3 Å². The van der Waals surface area contributed by atoms with E-state index in [9.17, 15) is 14.9 Å². The number of aromatic nitrogens is 3. The first-order chi connectivity index (χ1) is 17.2. The van der Waals surface area contributed by atoms with Crippen LogP contribution in [0.2, 0.25) is 5.02 Å². The van der Waals surface area contributed by atoms with Gasteiger partial charge >= 0.3 is 0 Å². The minimum Gasteiger partial charge on any atom is -0.437 e. The number of benzene rings is 2. The maximum atomic E-state index is 13.4. The molecule has 0 aliphatic carbocycles. The Bertz CT molecular complexity index is 1560. The molecule has 2 aromatic heterocycles. The summed E-state index contributed by atoms with van der Waals surface area (Å²) in [4.78, 5) is 32.5. The first kappa shape index (κ1) is 25.9. The van der Waals surface area contributed by atoms with Crippen LogP contribution in [-0.4, -0.2) is 25.8 Å². The first-order valence-corrected chi connectivity index (χ1v) is 12.7. The van der Waals surface area contributed by atoms with Gasteiger partial charge in [-0.2, -0.15) is 9.78 Å². The molecule has 12 heteroatoms. The number of hydrogen-bond donors (Lipinski definition) is 0. The molecule has 0 aliphatic rings. The molecule has 0 fully saturated rings. The number of halogens is 3. The Hall–Kier alpha value is -3.15. The van der Waals surface area contributed by atoms with Gasteiger partial charge < -0.3 is 4.74 Å². The highest BCUT2D eigenvalue weighted by Crippen LogP contribution is 2.35. The number of rotatable bonds is 7. The Morgan fingerprint density at radius 1 is 1.25 bits per heavy atom. The molecule has 4 rings (SSSR count). The topological polar surface area (TPSA) is 113 Å². The second-order valence-electron chi connectivity index (χ2n) is 7.82. The van der Waals surface area contributed by atoms with Crippen molar-refractivity contribution in [3.05, 3.63) is 94.5 Å². The zero-order valence-corrected chi connectivity index (χ0v) is 22.9. The highest BCUT2D eigenvalue weighted by molar-refractivity contribution is 9.10. The Kier molecular flexibility index (Phi) is 7.82. The maximum absolute atomic E-state index is 13.4. The van der Waals surface area contributed by atoms with Crippen molar-refractivity contribution >= 4 is 66.3 Å². The summed E-state index contributed by atoms with van der Waals surface area (Å²) in [5, 5.41) is 16.2. The van der Waals surface area contributed by atoms with Crippen LogP contribution in [0.3, 0.4) is 0 Å². The van der Waals surface area contributed by atoms with E-state index in [-0.39, 0.29) is 23.0 Å². The standard InChI is InChI=1S/C24H18Br2ClN5O4/c1-3-13(2)23-30-20-6-4-15(25)9-18(20)24(33)31(23)29-11-14-8-16(27)10-19(26)22(14)36-21-7-5-17(12-28-21)32(34)35/h4-13H,3H2,1-2H3/t13-/m0/s1. The van der Waals surface area contributed by atoms with Crippen molar-refractivity contribution < 1.29 is 9.66 Å². The SMILES string of the molecule is CC[C@H](C)c1nc2ccc(Br)cc2c(=O)n1N=Cc1cc(Cl)cc(Br)c1Oc1ccc([N+](=O)[O-])cn1. The molecule has 0 saturated carbocycles. The summed E-state index contributed by atoms with van der Waals surface area (Å²) in [6, 6.07) is 11.3. The van der Waals surface area contributed by atoms with Gasteiger partial charge in [0.05, 0.1) is 26.5 Å². The number of hydrogen-bond acceptors (Lipinski definition) is 7. The van der Waals surface area contributed by atoms with Crippen LogP contribution in [0.25, 0.3) is 10.9 Å². The van der Waals surface area contributed by atoms with E-state index in [4.69, 9.17) is 21.3 Å². The highest BCUT2D eigenvalue weighted by atomic mass is 79.9. The van der Waals surface area contributed by atoms with Crippen LogP contribution in [0.1, 0.15) is 37.6 Å². The predicted molar refractivity (Wildman–Crippen MR) is 146 cm³/mol. The number of fused-ring (bicyclic) bond motifs is 1. The van der Waals surface area contributed by atoms with Crippen molar-refractivity contribution in [1.29, 1.82) is 0 Å². The van der Waals surface area contributed by atoms with Crippen molar-refractivity contribution in [2.45, 2.75) is 26.2 Å². The normalized spacial score (nSPS) is 12.2. The molecule has 2 aromatic carbocycles. The molecule has 9 nitrogen and oxygen atoms in total. The Morgan fingerprint density at radius 3 is 2.69 bits per heavy atom. The number of ether oxygens (including phenoxy) is 1. The van der Waals surface area contributed by atoms with Gasteiger partial charge in [0.25, 0.3) is 11.2 Å². The van der Waals surface area contributed by atoms with Crippen LogP contribution in [0, 0.1) is 10.1 Å². The van der Waals surface area contributed by atoms with Crippen LogP contribution < -0.4 is 10.3 Å². The molecule has 184 valence electrons. The summed E-state index contributed by atoms with van der Waals surface area (Å²) in [5.41, 5.74) is 0.565. The zero-order valence-electron chi connectivity index (χ0n) is 19.0. The van der Waals surface area contributed by atoms with Gasteiger partial charge in [-0.25, -0.2) is 9.97 Å². The number of nitrogens with zero attached hydrogens (tertiary/aromatic N) is 5. The largest absolute Gasteiger partial charge is 0.437 e. The van der Waals surface area contributed by atoms with Crippen molar-refractivity contribution in [2.24, 2.45) is 5.10 Å². The highest BCUT2D eigenvalue weighted by Gasteiger charge is 2.17. The molecule has 0 unspecified atom stereocenters. The summed E-state index contributed by atoms with van der Waals surface area (Å²) < 4.78 is 8.44. The van der Waals surface area contributed by atoms with E-state index >= 15 is 0 Å².